The summed E-state index contributed by atoms with van der Waals surface area (Å²) in [6.45, 7) is 5.39. The lowest BCUT2D eigenvalue weighted by molar-refractivity contribution is 0.101. The van der Waals surface area contributed by atoms with Crippen LogP contribution in [0.15, 0.2) is 23.1 Å². The van der Waals surface area contributed by atoms with Gasteiger partial charge in [0.2, 0.25) is 10.0 Å². The molecule has 0 radical (unpaired) electrons. The van der Waals surface area contributed by atoms with Crippen molar-refractivity contribution in [2.75, 3.05) is 19.8 Å². The monoisotopic (exact) mass is 273 g/mol. The molecule has 0 spiro atoms. The van der Waals surface area contributed by atoms with Gasteiger partial charge < -0.3 is 9.47 Å². The zero-order chi connectivity index (χ0) is 13.6. The summed E-state index contributed by atoms with van der Waals surface area (Å²) in [7, 11) is -3.66. The van der Waals surface area contributed by atoms with Gasteiger partial charge in [-0.15, -0.1) is 0 Å². The molecule has 6 heteroatoms. The molecule has 0 aliphatic rings. The minimum atomic E-state index is -3.66. The zero-order valence-corrected chi connectivity index (χ0v) is 11.5. The molecule has 1 aromatic carbocycles. The summed E-state index contributed by atoms with van der Waals surface area (Å²) in [4.78, 5) is 0.122. The molecule has 0 bridgehead atoms. The summed E-state index contributed by atoms with van der Waals surface area (Å²) in [6.07, 6.45) is 0.974. The van der Waals surface area contributed by atoms with Gasteiger partial charge in [-0.25, -0.2) is 13.6 Å². The predicted molar refractivity (Wildman–Crippen MR) is 69.2 cm³/mol. The van der Waals surface area contributed by atoms with Crippen LogP contribution in [0.25, 0.3) is 0 Å². The van der Waals surface area contributed by atoms with Crippen molar-refractivity contribution in [1.29, 1.82) is 0 Å². The van der Waals surface area contributed by atoms with Crippen molar-refractivity contribution < 1.29 is 17.9 Å². The van der Waals surface area contributed by atoms with Crippen molar-refractivity contribution >= 4 is 10.0 Å². The third kappa shape index (κ3) is 4.64. The van der Waals surface area contributed by atoms with E-state index in [1.54, 1.807) is 19.1 Å². The van der Waals surface area contributed by atoms with Gasteiger partial charge in [-0.05, 0) is 37.1 Å². The number of aryl methyl sites for hydroxylation is 1. The fraction of sp³-hybridized carbons (Fsp3) is 0.500. The van der Waals surface area contributed by atoms with Crippen molar-refractivity contribution in [2.45, 2.75) is 25.2 Å². The Labute approximate surface area is 108 Å². The van der Waals surface area contributed by atoms with Crippen LogP contribution in [0.3, 0.4) is 0 Å². The van der Waals surface area contributed by atoms with Crippen molar-refractivity contribution in [3.63, 3.8) is 0 Å². The third-order valence-electron chi connectivity index (χ3n) is 2.30. The highest BCUT2D eigenvalue weighted by Gasteiger charge is 2.11. The third-order valence-corrected chi connectivity index (χ3v) is 3.37. The van der Waals surface area contributed by atoms with E-state index >= 15 is 0 Å². The Balaban J connectivity index is 2.57. The van der Waals surface area contributed by atoms with E-state index in [9.17, 15) is 8.42 Å². The molecule has 18 heavy (non-hydrogen) atoms. The Morgan fingerprint density at radius 3 is 2.50 bits per heavy atom. The van der Waals surface area contributed by atoms with Gasteiger partial charge in [0, 0.05) is 6.61 Å². The summed E-state index contributed by atoms with van der Waals surface area (Å²) in [5.74, 6) is 0.611. The molecule has 0 amide bonds. The van der Waals surface area contributed by atoms with Crippen molar-refractivity contribution in [3.05, 3.63) is 23.8 Å². The largest absolute Gasteiger partial charge is 0.491 e. The van der Waals surface area contributed by atoms with Crippen LogP contribution in [-0.2, 0) is 14.8 Å². The van der Waals surface area contributed by atoms with Crippen LogP contribution in [0.2, 0.25) is 0 Å². The van der Waals surface area contributed by atoms with E-state index in [4.69, 9.17) is 14.6 Å². The standard InChI is InChI=1S/C12H19NO4S/c1-3-6-16-7-8-17-11-4-5-12(10(2)9-11)18(13,14)15/h4-5,9H,3,6-8H2,1-2H3,(H2,13,14,15). The summed E-state index contributed by atoms with van der Waals surface area (Å²) in [5.41, 5.74) is 0.574. The molecule has 102 valence electrons. The highest BCUT2D eigenvalue weighted by Crippen LogP contribution is 2.20. The molecular formula is C12H19NO4S. The van der Waals surface area contributed by atoms with Crippen molar-refractivity contribution in [1.82, 2.24) is 0 Å². The number of benzene rings is 1. The normalized spacial score (nSPS) is 11.5. The number of hydrogen-bond donors (Lipinski definition) is 1. The fourth-order valence-corrected chi connectivity index (χ4v) is 2.26. The summed E-state index contributed by atoms with van der Waals surface area (Å²) in [6, 6.07) is 4.69. The Kier molecular flexibility index (Phi) is 5.58. The number of ether oxygens (including phenoxy) is 2. The average molecular weight is 273 g/mol. The zero-order valence-electron chi connectivity index (χ0n) is 10.7. The lowest BCUT2D eigenvalue weighted by Crippen LogP contribution is -2.14. The van der Waals surface area contributed by atoms with Crippen molar-refractivity contribution in [2.24, 2.45) is 5.14 Å². The molecule has 5 nitrogen and oxygen atoms in total. The molecule has 0 saturated carbocycles. The molecule has 0 saturated heterocycles. The number of nitrogens with two attached hydrogens (primary N) is 1. The maximum atomic E-state index is 11.2. The van der Waals surface area contributed by atoms with E-state index in [1.165, 1.54) is 6.07 Å². The van der Waals surface area contributed by atoms with E-state index in [0.29, 0.717) is 31.1 Å². The Hall–Kier alpha value is -1.11. The van der Waals surface area contributed by atoms with Crippen LogP contribution >= 0.6 is 0 Å². The molecule has 1 aromatic rings. The lowest BCUT2D eigenvalue weighted by atomic mass is 10.2. The minimum Gasteiger partial charge on any atom is -0.491 e. The highest BCUT2D eigenvalue weighted by atomic mass is 32.2. The van der Waals surface area contributed by atoms with Gasteiger partial charge in [0.15, 0.2) is 0 Å². The van der Waals surface area contributed by atoms with E-state index in [-0.39, 0.29) is 4.90 Å². The van der Waals surface area contributed by atoms with Crippen LogP contribution < -0.4 is 9.88 Å². The second-order valence-corrected chi connectivity index (χ2v) is 5.46. The number of primary sulfonamides is 1. The second-order valence-electron chi connectivity index (χ2n) is 3.93. The number of sulfonamides is 1. The van der Waals surface area contributed by atoms with Crippen LogP contribution in [0.5, 0.6) is 5.75 Å². The predicted octanol–water partition coefficient (Wildman–Crippen LogP) is 1.45. The molecule has 0 fully saturated rings. The van der Waals surface area contributed by atoms with Gasteiger partial charge in [0.05, 0.1) is 11.5 Å². The van der Waals surface area contributed by atoms with Crippen LogP contribution in [-0.4, -0.2) is 28.2 Å². The Bertz CT molecular complexity index is 485. The van der Waals surface area contributed by atoms with Gasteiger partial charge in [-0.1, -0.05) is 6.92 Å². The average Bonchev–Trinajstić information content (AvgIpc) is 2.27. The molecule has 2 N–H and O–H groups in total. The minimum absolute atomic E-state index is 0.122. The smallest absolute Gasteiger partial charge is 0.238 e. The molecule has 0 heterocycles. The van der Waals surface area contributed by atoms with Gasteiger partial charge in [-0.3, -0.25) is 0 Å². The quantitative estimate of drug-likeness (QED) is 0.763. The van der Waals surface area contributed by atoms with Crippen LogP contribution in [0.1, 0.15) is 18.9 Å². The lowest BCUT2D eigenvalue weighted by Gasteiger charge is -2.09. The van der Waals surface area contributed by atoms with E-state index < -0.39 is 10.0 Å². The molecule has 0 aliphatic carbocycles. The highest BCUT2D eigenvalue weighted by molar-refractivity contribution is 7.89. The topological polar surface area (TPSA) is 78.6 Å². The fourth-order valence-electron chi connectivity index (χ4n) is 1.50. The molecule has 0 aliphatic heterocycles. The van der Waals surface area contributed by atoms with Gasteiger partial charge in [0.25, 0.3) is 0 Å². The van der Waals surface area contributed by atoms with Crippen LogP contribution in [0.4, 0.5) is 0 Å². The molecular weight excluding hydrogens is 254 g/mol. The molecule has 0 atom stereocenters. The second kappa shape index (κ2) is 6.72. The van der Waals surface area contributed by atoms with Gasteiger partial charge in [0.1, 0.15) is 12.4 Å². The Morgan fingerprint density at radius 2 is 1.94 bits per heavy atom. The summed E-state index contributed by atoms with van der Waals surface area (Å²) < 4.78 is 33.1. The first kappa shape index (κ1) is 14.9. The molecule has 1 rings (SSSR count). The first-order chi connectivity index (χ1) is 8.45. The number of rotatable bonds is 7. The van der Waals surface area contributed by atoms with Crippen molar-refractivity contribution in [3.8, 4) is 5.75 Å². The Morgan fingerprint density at radius 1 is 1.22 bits per heavy atom. The van der Waals surface area contributed by atoms with Gasteiger partial charge in [-0.2, -0.15) is 0 Å². The van der Waals surface area contributed by atoms with Gasteiger partial charge >= 0.3 is 0 Å². The van der Waals surface area contributed by atoms with Crippen LogP contribution in [0, 0.1) is 6.92 Å². The SMILES string of the molecule is CCCOCCOc1ccc(S(N)(=O)=O)c(C)c1. The van der Waals surface area contributed by atoms with E-state index in [2.05, 4.69) is 0 Å². The first-order valence-corrected chi connectivity index (χ1v) is 7.33. The first-order valence-electron chi connectivity index (χ1n) is 5.79. The van der Waals surface area contributed by atoms with E-state index in [1.807, 2.05) is 6.92 Å². The van der Waals surface area contributed by atoms with E-state index in [0.717, 1.165) is 6.42 Å². The maximum absolute atomic E-state index is 11.2. The molecule has 0 aromatic heterocycles. The summed E-state index contributed by atoms with van der Waals surface area (Å²) >= 11 is 0. The number of hydrogen-bond acceptors (Lipinski definition) is 4. The molecule has 0 unspecified atom stereocenters. The maximum Gasteiger partial charge on any atom is 0.238 e. The summed E-state index contributed by atoms with van der Waals surface area (Å²) in [5, 5.41) is 5.07.